The highest BCUT2D eigenvalue weighted by Gasteiger charge is 2.31. The molecule has 2 aromatic heterocycles. The normalized spacial score (nSPS) is 15.0. The summed E-state index contributed by atoms with van der Waals surface area (Å²) < 4.78 is 27.2. The first-order valence-electron chi connectivity index (χ1n) is 19.1. The van der Waals surface area contributed by atoms with Gasteiger partial charge in [-0.25, -0.2) is 9.97 Å². The van der Waals surface area contributed by atoms with Crippen molar-refractivity contribution in [2.24, 2.45) is 5.41 Å². The summed E-state index contributed by atoms with van der Waals surface area (Å²) in [5.74, 6) is 1.16. The molecule has 6 rings (SSSR count). The Morgan fingerprint density at radius 3 is 2.56 bits per heavy atom. The Kier molecular flexibility index (Phi) is 12.7. The lowest BCUT2D eigenvalue weighted by molar-refractivity contribution is -0.146. The summed E-state index contributed by atoms with van der Waals surface area (Å²) in [6.07, 6.45) is 8.74. The van der Waals surface area contributed by atoms with Crippen LogP contribution in [-0.4, -0.2) is 67.7 Å². The van der Waals surface area contributed by atoms with Gasteiger partial charge in [-0.05, 0) is 117 Å². The van der Waals surface area contributed by atoms with Crippen LogP contribution in [0.2, 0.25) is 0 Å². The van der Waals surface area contributed by atoms with E-state index in [0.29, 0.717) is 32.1 Å². The fourth-order valence-corrected chi connectivity index (χ4v) is 8.06. The van der Waals surface area contributed by atoms with E-state index < -0.39 is 22.2 Å². The van der Waals surface area contributed by atoms with Crippen molar-refractivity contribution in [2.45, 2.75) is 83.9 Å². The second-order valence-electron chi connectivity index (χ2n) is 14.7. The highest BCUT2D eigenvalue weighted by atomic mass is 32.2. The fourth-order valence-electron chi connectivity index (χ4n) is 6.80. The Hall–Kier alpha value is -4.74. The number of carboxylic acid groups (broad SMARTS) is 1. The van der Waals surface area contributed by atoms with Gasteiger partial charge in [0.05, 0.1) is 57.3 Å². The first-order valence-corrected chi connectivity index (χ1v) is 20.4. The molecule has 0 aliphatic carbocycles. The number of H-pyrrole nitrogens is 1. The van der Waals surface area contributed by atoms with Crippen molar-refractivity contribution in [3.05, 3.63) is 89.8 Å². The van der Waals surface area contributed by atoms with E-state index in [0.717, 1.165) is 112 Å². The highest BCUT2D eigenvalue weighted by Crippen LogP contribution is 2.36. The number of rotatable bonds is 17. The van der Waals surface area contributed by atoms with Crippen molar-refractivity contribution in [3.8, 4) is 16.9 Å². The molecule has 3 heterocycles. The van der Waals surface area contributed by atoms with Crippen molar-refractivity contribution in [2.75, 3.05) is 37.8 Å². The molecule has 1 atom stereocenters. The summed E-state index contributed by atoms with van der Waals surface area (Å²) in [6, 6.07) is 20.3. The molecule has 1 aliphatic rings. The number of aliphatic carboxylic acids is 1. The minimum atomic E-state index is -1.25. The summed E-state index contributed by atoms with van der Waals surface area (Å²) in [5, 5.41) is 10.00. The number of anilines is 1. The maximum Gasteiger partial charge on any atom is 0.310 e. The summed E-state index contributed by atoms with van der Waals surface area (Å²) in [7, 11) is -1.25. The predicted molar refractivity (Wildman–Crippen MR) is 217 cm³/mol. The number of hydrogen-bond donors (Lipinski definition) is 2. The van der Waals surface area contributed by atoms with E-state index >= 15 is 0 Å². The van der Waals surface area contributed by atoms with Crippen molar-refractivity contribution in [1.82, 2.24) is 19.5 Å². The molecule has 1 aliphatic heterocycles. The third-order valence-corrected chi connectivity index (χ3v) is 11.3. The van der Waals surface area contributed by atoms with Crippen LogP contribution in [-0.2, 0) is 32.6 Å². The molecule has 0 saturated heterocycles. The zero-order valence-corrected chi connectivity index (χ0v) is 33.0. The Morgan fingerprint density at radius 1 is 1.00 bits per heavy atom. The summed E-state index contributed by atoms with van der Waals surface area (Å²) in [4.78, 5) is 28.1. The number of nitrogens with zero attached hydrogens (tertiary/aromatic N) is 4. The van der Waals surface area contributed by atoms with Crippen LogP contribution in [0.4, 0.5) is 5.69 Å². The van der Waals surface area contributed by atoms with Crippen LogP contribution in [0.15, 0.2) is 71.9 Å². The highest BCUT2D eigenvalue weighted by molar-refractivity contribution is 7.84. The van der Waals surface area contributed by atoms with Crippen LogP contribution in [0.3, 0.4) is 0 Å². The second-order valence-corrected chi connectivity index (χ2v) is 16.2. The lowest BCUT2D eigenvalue weighted by atomic mass is 9.91. The summed E-state index contributed by atoms with van der Waals surface area (Å²) in [6.45, 7) is 13.6. The molecule has 5 aromatic rings. The number of fused-ring (bicyclic) bond motifs is 2. The fraction of sp³-hybridized carbons (Fsp3) is 0.419. The van der Waals surface area contributed by atoms with Gasteiger partial charge in [0.1, 0.15) is 18.2 Å². The standard InChI is InChI=1S/C43H53N5O5S/c1-6-8-21-52-22-23-53-35-14-11-31(12-15-35)32-13-18-39-34(24-32)25-33(10-9-20-47(39)28-43(4,5)42(49)50)41-45-37-17-16-36(26-38(37)46-41)54(51)27-40-30(3)44-29-48(40)19-7-2/h11-18,24-26,29H,6-10,19-23,27-28H2,1-5H3,(H,45,46)(H,49,50)/b33-25+/t54-/m0/s1. The van der Waals surface area contributed by atoms with Gasteiger partial charge in [0.2, 0.25) is 0 Å². The maximum atomic E-state index is 13.6. The SMILES string of the molecule is CCCCOCCOc1ccc(-c2ccc3c(c2)/C=C(/c2nc4ccc([S@@](=O)Cc5c(C)ncn5CCC)cc4[nH]2)CCCN3CC(C)(C)C(=O)O)cc1. The van der Waals surface area contributed by atoms with Crippen molar-refractivity contribution in [1.29, 1.82) is 0 Å². The van der Waals surface area contributed by atoms with E-state index in [4.69, 9.17) is 14.5 Å². The molecule has 0 radical (unpaired) electrons. The van der Waals surface area contributed by atoms with Crippen LogP contribution in [0.5, 0.6) is 5.75 Å². The van der Waals surface area contributed by atoms with E-state index in [1.165, 1.54) is 0 Å². The largest absolute Gasteiger partial charge is 0.491 e. The molecule has 0 amide bonds. The minimum Gasteiger partial charge on any atom is -0.491 e. The molecule has 0 saturated carbocycles. The quantitative estimate of drug-likeness (QED) is 0.0904. The molecule has 2 N–H and O–H groups in total. The smallest absolute Gasteiger partial charge is 0.310 e. The first-order chi connectivity index (χ1) is 26.1. The lowest BCUT2D eigenvalue weighted by Crippen LogP contribution is -2.40. The Balaban J connectivity index is 1.29. The average Bonchev–Trinajstić information content (AvgIpc) is 3.73. The van der Waals surface area contributed by atoms with Gasteiger partial charge in [0.15, 0.2) is 0 Å². The molecule has 3 aromatic carbocycles. The maximum absolute atomic E-state index is 13.6. The van der Waals surface area contributed by atoms with E-state index in [1.54, 1.807) is 13.8 Å². The molecule has 0 fully saturated rings. The predicted octanol–water partition coefficient (Wildman–Crippen LogP) is 8.90. The molecule has 286 valence electrons. The average molecular weight is 752 g/mol. The third kappa shape index (κ3) is 9.30. The van der Waals surface area contributed by atoms with Gasteiger partial charge in [-0.1, -0.05) is 38.5 Å². The van der Waals surface area contributed by atoms with Crippen LogP contribution < -0.4 is 9.64 Å². The number of aromatic amines is 1. The third-order valence-electron chi connectivity index (χ3n) is 9.97. The van der Waals surface area contributed by atoms with Gasteiger partial charge in [0, 0.05) is 36.8 Å². The van der Waals surface area contributed by atoms with E-state index in [-0.39, 0.29) is 0 Å². The van der Waals surface area contributed by atoms with Gasteiger partial charge in [0.25, 0.3) is 0 Å². The number of carboxylic acids is 1. The van der Waals surface area contributed by atoms with Gasteiger partial charge in [-0.2, -0.15) is 0 Å². The van der Waals surface area contributed by atoms with Gasteiger partial charge in [-0.15, -0.1) is 0 Å². The van der Waals surface area contributed by atoms with E-state index in [9.17, 15) is 14.1 Å². The van der Waals surface area contributed by atoms with Crippen molar-refractivity contribution >= 4 is 45.1 Å². The number of allylic oxidation sites excluding steroid dienone is 1. The number of ether oxygens (including phenoxy) is 2. The first kappa shape index (κ1) is 39.0. The number of carbonyl (C=O) groups is 1. The van der Waals surface area contributed by atoms with E-state index in [1.807, 2.05) is 43.6 Å². The Bertz CT molecular complexity index is 2120. The van der Waals surface area contributed by atoms with Crippen molar-refractivity contribution < 1.29 is 23.6 Å². The minimum absolute atomic E-state index is 0.384. The number of benzene rings is 3. The zero-order chi connectivity index (χ0) is 38.2. The van der Waals surface area contributed by atoms with Gasteiger partial charge in [-0.3, -0.25) is 9.00 Å². The molecule has 54 heavy (non-hydrogen) atoms. The van der Waals surface area contributed by atoms with Crippen LogP contribution >= 0.6 is 0 Å². The molecule has 10 nitrogen and oxygen atoms in total. The second kappa shape index (κ2) is 17.6. The number of hydrogen-bond acceptors (Lipinski definition) is 7. The molecular weight excluding hydrogens is 699 g/mol. The monoisotopic (exact) mass is 751 g/mol. The zero-order valence-electron chi connectivity index (χ0n) is 32.2. The van der Waals surface area contributed by atoms with Crippen LogP contribution in [0, 0.1) is 12.3 Å². The summed E-state index contributed by atoms with van der Waals surface area (Å²) in [5.41, 5.74) is 7.79. The van der Waals surface area contributed by atoms with E-state index in [2.05, 4.69) is 69.7 Å². The number of nitrogens with one attached hydrogen (secondary N) is 1. The number of aromatic nitrogens is 4. The molecule has 0 unspecified atom stereocenters. The molecule has 0 spiro atoms. The van der Waals surface area contributed by atoms with Crippen LogP contribution in [0.25, 0.3) is 33.8 Å². The van der Waals surface area contributed by atoms with Gasteiger partial charge < -0.3 is 29.0 Å². The van der Waals surface area contributed by atoms with Gasteiger partial charge >= 0.3 is 5.97 Å². The molecule has 11 heteroatoms. The Morgan fingerprint density at radius 2 is 1.80 bits per heavy atom. The molecule has 0 bridgehead atoms. The number of aryl methyl sites for hydroxylation is 2. The number of unbranched alkanes of at least 4 members (excludes halogenated alkanes) is 1. The van der Waals surface area contributed by atoms with Crippen LogP contribution in [0.1, 0.15) is 82.6 Å². The molecular formula is C43H53N5O5S. The lowest BCUT2D eigenvalue weighted by Gasteiger charge is -2.34. The van der Waals surface area contributed by atoms with Crippen molar-refractivity contribution in [3.63, 3.8) is 0 Å². The number of imidazole rings is 2. The topological polar surface area (TPSA) is 123 Å². The summed E-state index contributed by atoms with van der Waals surface area (Å²) >= 11 is 0. The Labute approximate surface area is 321 Å².